The molecule has 0 saturated carbocycles. The maximum atomic E-state index is 12.9. The van der Waals surface area contributed by atoms with E-state index in [1.54, 1.807) is 27.4 Å². The van der Waals surface area contributed by atoms with Gasteiger partial charge in [0, 0.05) is 12.5 Å². The summed E-state index contributed by atoms with van der Waals surface area (Å²) in [5.41, 5.74) is 3.45. The summed E-state index contributed by atoms with van der Waals surface area (Å²) in [7, 11) is 4.75. The van der Waals surface area contributed by atoms with Gasteiger partial charge in [-0.3, -0.25) is 9.59 Å². The summed E-state index contributed by atoms with van der Waals surface area (Å²) >= 11 is 1.50. The molecule has 1 N–H and O–H groups in total. The van der Waals surface area contributed by atoms with E-state index in [9.17, 15) is 9.59 Å². The van der Waals surface area contributed by atoms with E-state index in [2.05, 4.69) is 5.32 Å². The molecular weight excluding hydrogens is 402 g/mol. The van der Waals surface area contributed by atoms with Crippen molar-refractivity contribution < 1.29 is 19.0 Å². The summed E-state index contributed by atoms with van der Waals surface area (Å²) in [5, 5.41) is 3.01. The van der Waals surface area contributed by atoms with E-state index in [0.717, 1.165) is 28.0 Å². The number of hydrogen-bond donors (Lipinski definition) is 1. The number of carbonyl (C=O) groups excluding carboxylic acids is 1. The first kappa shape index (κ1) is 22.0. The molecule has 30 heavy (non-hydrogen) atoms. The molecule has 7 heteroatoms. The first-order valence-corrected chi connectivity index (χ1v) is 10.8. The average molecular weight is 430 g/mol. The van der Waals surface area contributed by atoms with Gasteiger partial charge < -0.3 is 19.5 Å². The van der Waals surface area contributed by atoms with E-state index in [-0.39, 0.29) is 17.4 Å². The van der Waals surface area contributed by atoms with Gasteiger partial charge in [0.25, 0.3) is 0 Å². The molecule has 0 aliphatic heterocycles. The van der Waals surface area contributed by atoms with Crippen LogP contribution in [0.5, 0.6) is 17.2 Å². The largest absolute Gasteiger partial charge is 0.493 e. The highest BCUT2D eigenvalue weighted by Gasteiger charge is 2.29. The van der Waals surface area contributed by atoms with E-state index in [0.29, 0.717) is 35.0 Å². The molecule has 2 aromatic carbocycles. The van der Waals surface area contributed by atoms with Crippen LogP contribution in [0.4, 0.5) is 0 Å². The van der Waals surface area contributed by atoms with Crippen LogP contribution in [0.3, 0.4) is 0 Å². The van der Waals surface area contributed by atoms with Gasteiger partial charge >= 0.3 is 0 Å². The fourth-order valence-corrected chi connectivity index (χ4v) is 4.64. The van der Waals surface area contributed by atoms with Crippen molar-refractivity contribution in [3.63, 3.8) is 0 Å². The van der Waals surface area contributed by atoms with E-state index in [1.807, 2.05) is 25.1 Å². The highest BCUT2D eigenvalue weighted by atomic mass is 32.2. The summed E-state index contributed by atoms with van der Waals surface area (Å²) in [4.78, 5) is 25.5. The first-order valence-electron chi connectivity index (χ1n) is 9.85. The number of nitrogens with one attached hydrogen (secondary N) is 1. The third-order valence-corrected chi connectivity index (χ3v) is 6.11. The smallest absolute Gasteiger partial charge is 0.217 e. The molecule has 0 radical (unpaired) electrons. The van der Waals surface area contributed by atoms with Crippen molar-refractivity contribution in [2.75, 3.05) is 27.1 Å². The molecule has 0 spiro atoms. The van der Waals surface area contributed by atoms with Crippen LogP contribution in [0.2, 0.25) is 0 Å². The molecule has 2 aromatic rings. The number of hydrogen-bond acceptors (Lipinski definition) is 6. The van der Waals surface area contributed by atoms with Crippen LogP contribution >= 0.6 is 11.8 Å². The third kappa shape index (κ3) is 4.12. The van der Waals surface area contributed by atoms with Crippen LogP contribution in [0, 0.1) is 0 Å². The maximum Gasteiger partial charge on any atom is 0.217 e. The monoisotopic (exact) mass is 429 g/mol. The van der Waals surface area contributed by atoms with Gasteiger partial charge in [-0.1, -0.05) is 13.0 Å². The van der Waals surface area contributed by atoms with Crippen molar-refractivity contribution in [3.05, 3.63) is 45.6 Å². The van der Waals surface area contributed by atoms with Crippen molar-refractivity contribution >= 4 is 17.7 Å². The number of methoxy groups -OCH3 is 3. The van der Waals surface area contributed by atoms with Crippen LogP contribution in [0.15, 0.2) is 34.0 Å². The molecule has 160 valence electrons. The van der Waals surface area contributed by atoms with Gasteiger partial charge in [0.1, 0.15) is 0 Å². The van der Waals surface area contributed by atoms with Gasteiger partial charge in [0.2, 0.25) is 11.7 Å². The summed E-state index contributed by atoms with van der Waals surface area (Å²) in [6.07, 6.45) is 1.33. The van der Waals surface area contributed by atoms with Gasteiger partial charge in [-0.25, -0.2) is 0 Å². The van der Waals surface area contributed by atoms with Gasteiger partial charge in [-0.05, 0) is 53.5 Å². The molecule has 1 amide bonds. The van der Waals surface area contributed by atoms with Gasteiger partial charge in [0.05, 0.1) is 32.3 Å². The lowest BCUT2D eigenvalue weighted by molar-refractivity contribution is -0.119. The molecule has 1 atom stereocenters. The van der Waals surface area contributed by atoms with Crippen LogP contribution in [0.25, 0.3) is 11.1 Å². The predicted molar refractivity (Wildman–Crippen MR) is 119 cm³/mol. The summed E-state index contributed by atoms with van der Waals surface area (Å²) in [6, 6.07) is 7.11. The second-order valence-corrected chi connectivity index (χ2v) is 8.29. The molecule has 0 saturated heterocycles. The van der Waals surface area contributed by atoms with Crippen molar-refractivity contribution in [1.82, 2.24) is 5.32 Å². The Balaban J connectivity index is 2.39. The quantitative estimate of drug-likeness (QED) is 0.701. The molecule has 0 aromatic heterocycles. The van der Waals surface area contributed by atoms with Crippen molar-refractivity contribution in [3.8, 4) is 28.4 Å². The number of ether oxygens (including phenoxy) is 3. The lowest BCUT2D eigenvalue weighted by Gasteiger charge is -2.19. The minimum atomic E-state index is -0.286. The van der Waals surface area contributed by atoms with Crippen molar-refractivity contribution in [2.24, 2.45) is 0 Å². The third-order valence-electron chi connectivity index (χ3n) is 5.18. The number of amides is 1. The summed E-state index contributed by atoms with van der Waals surface area (Å²) in [5.74, 6) is 2.30. The highest BCUT2D eigenvalue weighted by molar-refractivity contribution is 7.99. The van der Waals surface area contributed by atoms with Crippen molar-refractivity contribution in [1.29, 1.82) is 0 Å². The topological polar surface area (TPSA) is 73.9 Å². The number of thioether (sulfide) groups is 1. The second kappa shape index (κ2) is 9.43. The first-order chi connectivity index (χ1) is 14.4. The van der Waals surface area contributed by atoms with Crippen molar-refractivity contribution in [2.45, 2.75) is 37.6 Å². The van der Waals surface area contributed by atoms with E-state index in [1.165, 1.54) is 18.7 Å². The van der Waals surface area contributed by atoms with E-state index in [4.69, 9.17) is 14.2 Å². The van der Waals surface area contributed by atoms with Crippen LogP contribution in [-0.2, 0) is 11.2 Å². The molecular formula is C23H27NO5S. The zero-order valence-corrected chi connectivity index (χ0v) is 18.8. The normalized spacial score (nSPS) is 14.8. The molecule has 0 bridgehead atoms. The summed E-state index contributed by atoms with van der Waals surface area (Å²) in [6.45, 7) is 3.50. The number of fused-ring (bicyclic) bond motifs is 3. The fraction of sp³-hybridized carbons (Fsp3) is 0.391. The standard InChI is InChI=1S/C23H27NO5S/c1-6-30-20-10-8-15-16(12-18(20)26)17(24-13(2)25)9-7-14-11-19(27-3)22(28-4)23(29-5)21(14)15/h8,10-12,17H,6-7,9H2,1-5H3,(H,24,25)/t17-/m1/s1. The molecule has 0 unspecified atom stereocenters. The summed E-state index contributed by atoms with van der Waals surface area (Å²) < 4.78 is 16.9. The number of rotatable bonds is 6. The highest BCUT2D eigenvalue weighted by Crippen LogP contribution is 2.50. The second-order valence-electron chi connectivity index (χ2n) is 6.98. The van der Waals surface area contributed by atoms with Crippen LogP contribution in [0.1, 0.15) is 37.4 Å². The Morgan fingerprint density at radius 2 is 1.87 bits per heavy atom. The zero-order chi connectivity index (χ0) is 21.8. The fourth-order valence-electron chi connectivity index (χ4n) is 3.97. The van der Waals surface area contributed by atoms with E-state index >= 15 is 0 Å². The molecule has 1 aliphatic rings. The molecule has 0 heterocycles. The molecule has 3 rings (SSSR count). The lowest BCUT2D eigenvalue weighted by atomic mass is 9.95. The zero-order valence-electron chi connectivity index (χ0n) is 18.0. The van der Waals surface area contributed by atoms with E-state index < -0.39 is 0 Å². The Labute approximate surface area is 180 Å². The molecule has 1 aliphatic carbocycles. The Bertz CT molecular complexity index is 1020. The lowest BCUT2D eigenvalue weighted by Crippen LogP contribution is -2.26. The Kier molecular flexibility index (Phi) is 6.92. The maximum absolute atomic E-state index is 12.9. The average Bonchev–Trinajstić information content (AvgIpc) is 2.96. The van der Waals surface area contributed by atoms with Crippen LogP contribution in [-0.4, -0.2) is 33.0 Å². The van der Waals surface area contributed by atoms with Gasteiger partial charge in [-0.15, -0.1) is 11.8 Å². The Hall–Kier alpha value is -2.67. The number of carbonyl (C=O) groups is 1. The van der Waals surface area contributed by atoms with Gasteiger partial charge in [0.15, 0.2) is 16.9 Å². The molecule has 0 fully saturated rings. The molecule has 6 nitrogen and oxygen atoms in total. The predicted octanol–water partition coefficient (Wildman–Crippen LogP) is 3.98. The minimum Gasteiger partial charge on any atom is -0.493 e. The Morgan fingerprint density at radius 3 is 2.47 bits per heavy atom. The van der Waals surface area contributed by atoms with Crippen LogP contribution < -0.4 is 25.0 Å². The minimum absolute atomic E-state index is 0.0543. The number of benzene rings is 1. The number of aryl methyl sites for hydroxylation is 1. The SMILES string of the molecule is CCSc1ccc2c(cc1=O)[C@H](NC(C)=O)CCc1cc(OC)c(OC)c(OC)c1-2. The Morgan fingerprint density at radius 1 is 1.13 bits per heavy atom. The van der Waals surface area contributed by atoms with Gasteiger partial charge in [-0.2, -0.15) is 0 Å².